The van der Waals surface area contributed by atoms with Gasteiger partial charge in [0, 0.05) is 18.2 Å². The Labute approximate surface area is 136 Å². The third-order valence-corrected chi connectivity index (χ3v) is 2.89. The van der Waals surface area contributed by atoms with Gasteiger partial charge in [-0.2, -0.15) is 5.10 Å². The SMILES string of the molecule is C=C(C)CNC(=S)N/N=C/c1cc(OC)c(OC)cc1OC. The van der Waals surface area contributed by atoms with Crippen LogP contribution >= 0.6 is 12.2 Å². The van der Waals surface area contributed by atoms with Gasteiger partial charge >= 0.3 is 0 Å². The van der Waals surface area contributed by atoms with Gasteiger partial charge in [0.1, 0.15) is 5.75 Å². The number of benzene rings is 1. The van der Waals surface area contributed by atoms with Gasteiger partial charge in [-0.15, -0.1) is 0 Å². The number of rotatable bonds is 7. The molecule has 0 aliphatic heterocycles. The first kappa shape index (κ1) is 17.8. The molecule has 0 amide bonds. The zero-order chi connectivity index (χ0) is 16.5. The Morgan fingerprint density at radius 3 is 2.32 bits per heavy atom. The first-order valence-corrected chi connectivity index (χ1v) is 6.94. The van der Waals surface area contributed by atoms with Crippen molar-refractivity contribution in [3.8, 4) is 17.2 Å². The highest BCUT2D eigenvalue weighted by atomic mass is 32.1. The fourth-order valence-corrected chi connectivity index (χ4v) is 1.71. The molecule has 0 unspecified atom stereocenters. The lowest BCUT2D eigenvalue weighted by atomic mass is 10.2. The van der Waals surface area contributed by atoms with E-state index in [0.29, 0.717) is 28.9 Å². The zero-order valence-corrected chi connectivity index (χ0v) is 14.0. The molecule has 0 spiro atoms. The molecule has 0 bridgehead atoms. The molecule has 6 nitrogen and oxygen atoms in total. The lowest BCUT2D eigenvalue weighted by Crippen LogP contribution is -2.32. The van der Waals surface area contributed by atoms with E-state index in [9.17, 15) is 0 Å². The second kappa shape index (κ2) is 8.89. The van der Waals surface area contributed by atoms with Crippen molar-refractivity contribution in [1.29, 1.82) is 0 Å². The summed E-state index contributed by atoms with van der Waals surface area (Å²) in [7, 11) is 4.71. The monoisotopic (exact) mass is 323 g/mol. The highest BCUT2D eigenvalue weighted by Crippen LogP contribution is 2.33. The van der Waals surface area contributed by atoms with Crippen LogP contribution in [0.25, 0.3) is 0 Å². The van der Waals surface area contributed by atoms with Crippen molar-refractivity contribution in [2.75, 3.05) is 27.9 Å². The molecule has 2 N–H and O–H groups in total. The lowest BCUT2D eigenvalue weighted by molar-refractivity contribution is 0.349. The minimum absolute atomic E-state index is 0.415. The Bertz CT molecular complexity index is 573. The molecule has 0 saturated carbocycles. The summed E-state index contributed by atoms with van der Waals surface area (Å²) >= 11 is 5.08. The van der Waals surface area contributed by atoms with Crippen molar-refractivity contribution in [2.24, 2.45) is 5.10 Å². The minimum Gasteiger partial charge on any atom is -0.496 e. The van der Waals surface area contributed by atoms with Crippen molar-refractivity contribution >= 4 is 23.5 Å². The summed E-state index contributed by atoms with van der Waals surface area (Å²) in [5, 5.41) is 7.46. The topological polar surface area (TPSA) is 64.1 Å². The van der Waals surface area contributed by atoms with Crippen LogP contribution in [0.4, 0.5) is 0 Å². The molecule has 0 fully saturated rings. The second-order valence-corrected chi connectivity index (χ2v) is 4.87. The molecule has 120 valence electrons. The van der Waals surface area contributed by atoms with Crippen LogP contribution in [0.15, 0.2) is 29.4 Å². The van der Waals surface area contributed by atoms with Gasteiger partial charge in [-0.25, -0.2) is 0 Å². The Balaban J connectivity index is 2.81. The molecular formula is C15H21N3O3S. The highest BCUT2D eigenvalue weighted by Gasteiger charge is 2.10. The molecular weight excluding hydrogens is 302 g/mol. The van der Waals surface area contributed by atoms with Crippen LogP contribution in [0.3, 0.4) is 0 Å². The van der Waals surface area contributed by atoms with Crippen LogP contribution in [0, 0.1) is 0 Å². The minimum atomic E-state index is 0.415. The molecule has 1 rings (SSSR count). The third kappa shape index (κ3) is 5.25. The predicted octanol–water partition coefficient (Wildman–Crippen LogP) is 2.09. The highest BCUT2D eigenvalue weighted by molar-refractivity contribution is 7.80. The van der Waals surface area contributed by atoms with Gasteiger partial charge in [-0.1, -0.05) is 12.2 Å². The number of hydrogen-bond acceptors (Lipinski definition) is 5. The Morgan fingerprint density at radius 1 is 1.18 bits per heavy atom. The molecule has 0 saturated heterocycles. The van der Waals surface area contributed by atoms with E-state index in [2.05, 4.69) is 22.4 Å². The summed E-state index contributed by atoms with van der Waals surface area (Å²) in [6, 6.07) is 3.51. The summed E-state index contributed by atoms with van der Waals surface area (Å²) in [4.78, 5) is 0. The van der Waals surface area contributed by atoms with E-state index < -0.39 is 0 Å². The Hall–Kier alpha value is -2.28. The van der Waals surface area contributed by atoms with E-state index in [1.54, 1.807) is 39.7 Å². The van der Waals surface area contributed by atoms with Gasteiger partial charge in [0.25, 0.3) is 0 Å². The Kier molecular flexibility index (Phi) is 7.18. The number of ether oxygens (including phenoxy) is 3. The van der Waals surface area contributed by atoms with E-state index in [-0.39, 0.29) is 0 Å². The summed E-state index contributed by atoms with van der Waals surface area (Å²) in [5.74, 6) is 1.79. The number of hydrazone groups is 1. The molecule has 0 aliphatic rings. The largest absolute Gasteiger partial charge is 0.496 e. The maximum absolute atomic E-state index is 5.31. The summed E-state index contributed by atoms with van der Waals surface area (Å²) in [6.45, 7) is 6.29. The smallest absolute Gasteiger partial charge is 0.187 e. The summed E-state index contributed by atoms with van der Waals surface area (Å²) < 4.78 is 15.8. The molecule has 0 aliphatic carbocycles. The van der Waals surface area contributed by atoms with E-state index in [0.717, 1.165) is 11.1 Å². The maximum atomic E-state index is 5.31. The van der Waals surface area contributed by atoms with E-state index >= 15 is 0 Å². The van der Waals surface area contributed by atoms with E-state index in [1.807, 2.05) is 6.92 Å². The second-order valence-electron chi connectivity index (χ2n) is 4.46. The van der Waals surface area contributed by atoms with Gasteiger partial charge in [0.05, 0.1) is 27.5 Å². The quantitative estimate of drug-likeness (QED) is 0.347. The fraction of sp³-hybridized carbons (Fsp3) is 0.333. The van der Waals surface area contributed by atoms with Gasteiger partial charge in [0.2, 0.25) is 0 Å². The van der Waals surface area contributed by atoms with Crippen molar-refractivity contribution in [3.05, 3.63) is 29.8 Å². The molecule has 7 heteroatoms. The molecule has 22 heavy (non-hydrogen) atoms. The van der Waals surface area contributed by atoms with E-state index in [4.69, 9.17) is 26.4 Å². The molecule has 0 aromatic heterocycles. The lowest BCUT2D eigenvalue weighted by Gasteiger charge is -2.12. The number of nitrogens with zero attached hydrogens (tertiary/aromatic N) is 1. The standard InChI is InChI=1S/C15H21N3O3S/c1-10(2)8-16-15(22)18-17-9-11-6-13(20-4)14(21-5)7-12(11)19-3/h6-7,9H,1,8H2,2-5H3,(H2,16,18,22)/b17-9+. The average molecular weight is 323 g/mol. The Morgan fingerprint density at radius 2 is 1.77 bits per heavy atom. The van der Waals surface area contributed by atoms with Crippen molar-refractivity contribution in [3.63, 3.8) is 0 Å². The van der Waals surface area contributed by atoms with Crippen molar-refractivity contribution in [1.82, 2.24) is 10.7 Å². The van der Waals surface area contributed by atoms with Gasteiger partial charge in [0.15, 0.2) is 16.6 Å². The number of nitrogens with one attached hydrogen (secondary N) is 2. The van der Waals surface area contributed by atoms with Gasteiger partial charge in [-0.05, 0) is 25.2 Å². The maximum Gasteiger partial charge on any atom is 0.187 e. The fourth-order valence-electron chi connectivity index (χ4n) is 1.58. The number of thiocarbonyl (C=S) groups is 1. The first-order valence-electron chi connectivity index (χ1n) is 6.53. The van der Waals surface area contributed by atoms with Gasteiger partial charge in [-0.3, -0.25) is 5.43 Å². The normalized spacial score (nSPS) is 10.2. The van der Waals surface area contributed by atoms with Crippen LogP contribution < -0.4 is 25.0 Å². The molecule has 0 heterocycles. The molecule has 0 atom stereocenters. The van der Waals surface area contributed by atoms with Crippen LogP contribution in [0.5, 0.6) is 17.2 Å². The van der Waals surface area contributed by atoms with Crippen molar-refractivity contribution < 1.29 is 14.2 Å². The third-order valence-electron chi connectivity index (χ3n) is 2.66. The van der Waals surface area contributed by atoms with Crippen LogP contribution in [-0.4, -0.2) is 39.2 Å². The average Bonchev–Trinajstić information content (AvgIpc) is 2.52. The molecule has 1 aromatic carbocycles. The zero-order valence-electron chi connectivity index (χ0n) is 13.2. The first-order chi connectivity index (χ1) is 10.5. The van der Waals surface area contributed by atoms with Crippen molar-refractivity contribution in [2.45, 2.75) is 6.92 Å². The van der Waals surface area contributed by atoms with E-state index in [1.165, 1.54) is 0 Å². The number of methoxy groups -OCH3 is 3. The molecule has 1 aromatic rings. The van der Waals surface area contributed by atoms with Crippen LogP contribution in [0.1, 0.15) is 12.5 Å². The van der Waals surface area contributed by atoms with Crippen LogP contribution in [0.2, 0.25) is 0 Å². The predicted molar refractivity (Wildman–Crippen MR) is 92.2 cm³/mol. The summed E-state index contributed by atoms with van der Waals surface area (Å²) in [5.41, 5.74) is 4.44. The van der Waals surface area contributed by atoms with Gasteiger partial charge < -0.3 is 19.5 Å². The number of hydrogen-bond donors (Lipinski definition) is 2. The summed E-state index contributed by atoms with van der Waals surface area (Å²) in [6.07, 6.45) is 1.59. The van der Waals surface area contributed by atoms with Crippen LogP contribution in [-0.2, 0) is 0 Å². The molecule has 0 radical (unpaired) electrons.